The maximum absolute atomic E-state index is 10.4. The van der Waals surface area contributed by atoms with Crippen LogP contribution in [0.2, 0.25) is 5.02 Å². The molecule has 1 amide bonds. The molecule has 5 N–H and O–H groups in total. The molecule has 0 aromatic carbocycles. The SMILES string of the molecule is NC(=O)COCCNc1ncc(Cl)cc1N. The Kier molecular flexibility index (Phi) is 4.81. The Morgan fingerprint density at radius 1 is 1.62 bits per heavy atom. The fourth-order valence-corrected chi connectivity index (χ4v) is 1.18. The van der Waals surface area contributed by atoms with Crippen LogP contribution in [0.1, 0.15) is 0 Å². The molecular weight excluding hydrogens is 232 g/mol. The molecule has 1 rings (SSSR count). The number of pyridine rings is 1. The summed E-state index contributed by atoms with van der Waals surface area (Å²) in [6.07, 6.45) is 1.49. The molecular formula is C9H13ClN4O2. The van der Waals surface area contributed by atoms with Crippen LogP contribution in [0, 0.1) is 0 Å². The minimum absolute atomic E-state index is 0.0921. The van der Waals surface area contributed by atoms with Crippen molar-refractivity contribution < 1.29 is 9.53 Å². The Morgan fingerprint density at radius 3 is 3.00 bits per heavy atom. The van der Waals surface area contributed by atoms with E-state index >= 15 is 0 Å². The van der Waals surface area contributed by atoms with Crippen LogP contribution in [0.5, 0.6) is 0 Å². The summed E-state index contributed by atoms with van der Waals surface area (Å²) in [6.45, 7) is 0.726. The standard InChI is InChI=1S/C9H13ClN4O2/c10-6-3-7(11)9(14-4-6)13-1-2-16-5-8(12)15/h3-4H,1-2,5,11H2,(H2,12,15)(H,13,14). The van der Waals surface area contributed by atoms with Crippen molar-refractivity contribution in [2.75, 3.05) is 30.8 Å². The second-order valence-corrected chi connectivity index (χ2v) is 3.47. The van der Waals surface area contributed by atoms with Gasteiger partial charge in [0, 0.05) is 12.7 Å². The third-order valence-corrected chi connectivity index (χ3v) is 1.87. The number of nitrogens with one attached hydrogen (secondary N) is 1. The zero-order valence-electron chi connectivity index (χ0n) is 8.57. The van der Waals surface area contributed by atoms with Crippen molar-refractivity contribution in [3.05, 3.63) is 17.3 Å². The number of halogens is 1. The Hall–Kier alpha value is -1.53. The van der Waals surface area contributed by atoms with Crippen LogP contribution in [0.4, 0.5) is 11.5 Å². The Balaban J connectivity index is 2.29. The first-order chi connectivity index (χ1) is 7.59. The molecule has 0 aliphatic carbocycles. The van der Waals surface area contributed by atoms with E-state index in [1.807, 2.05) is 0 Å². The van der Waals surface area contributed by atoms with E-state index in [0.717, 1.165) is 0 Å². The number of hydrogen-bond donors (Lipinski definition) is 3. The van der Waals surface area contributed by atoms with Gasteiger partial charge in [0.2, 0.25) is 5.91 Å². The predicted octanol–water partition coefficient (Wildman–Crippen LogP) is 0.231. The van der Waals surface area contributed by atoms with E-state index in [4.69, 9.17) is 27.8 Å². The fraction of sp³-hybridized carbons (Fsp3) is 0.333. The number of aromatic nitrogens is 1. The van der Waals surface area contributed by atoms with E-state index in [1.54, 1.807) is 6.07 Å². The molecule has 16 heavy (non-hydrogen) atoms. The van der Waals surface area contributed by atoms with Crippen LogP contribution in [0.25, 0.3) is 0 Å². The monoisotopic (exact) mass is 244 g/mol. The number of amides is 1. The smallest absolute Gasteiger partial charge is 0.243 e. The summed E-state index contributed by atoms with van der Waals surface area (Å²) in [4.78, 5) is 14.3. The molecule has 0 saturated heterocycles. The summed E-state index contributed by atoms with van der Waals surface area (Å²) in [5.41, 5.74) is 11.0. The molecule has 0 spiro atoms. The van der Waals surface area contributed by atoms with Gasteiger partial charge in [-0.15, -0.1) is 0 Å². The molecule has 6 nitrogen and oxygen atoms in total. The van der Waals surface area contributed by atoms with Gasteiger partial charge < -0.3 is 21.5 Å². The van der Waals surface area contributed by atoms with Gasteiger partial charge >= 0.3 is 0 Å². The first-order valence-electron chi connectivity index (χ1n) is 4.60. The van der Waals surface area contributed by atoms with Crippen LogP contribution in [0.3, 0.4) is 0 Å². The molecule has 1 aromatic rings. The number of nitrogen functional groups attached to an aromatic ring is 1. The zero-order valence-corrected chi connectivity index (χ0v) is 9.33. The minimum atomic E-state index is -0.496. The van der Waals surface area contributed by atoms with Gasteiger partial charge in [0.15, 0.2) is 0 Å². The summed E-state index contributed by atoms with van der Waals surface area (Å²) in [6, 6.07) is 1.60. The summed E-state index contributed by atoms with van der Waals surface area (Å²) in [5.74, 6) is 0.0382. The predicted molar refractivity (Wildman–Crippen MR) is 62.2 cm³/mol. The molecule has 0 saturated carbocycles. The molecule has 0 aliphatic rings. The molecule has 0 atom stereocenters. The number of carbonyl (C=O) groups excluding carboxylic acids is 1. The van der Waals surface area contributed by atoms with Crippen LogP contribution in [0.15, 0.2) is 12.3 Å². The number of nitrogens with two attached hydrogens (primary N) is 2. The zero-order chi connectivity index (χ0) is 12.0. The molecule has 0 unspecified atom stereocenters. The Labute approximate surface area is 97.9 Å². The highest BCUT2D eigenvalue weighted by Gasteiger charge is 2.00. The van der Waals surface area contributed by atoms with Crippen molar-refractivity contribution in [2.45, 2.75) is 0 Å². The lowest BCUT2D eigenvalue weighted by atomic mass is 10.4. The number of rotatable bonds is 6. The van der Waals surface area contributed by atoms with E-state index in [2.05, 4.69) is 10.3 Å². The molecule has 0 aliphatic heterocycles. The van der Waals surface area contributed by atoms with E-state index in [9.17, 15) is 4.79 Å². The van der Waals surface area contributed by atoms with Crippen molar-refractivity contribution >= 4 is 29.0 Å². The molecule has 88 valence electrons. The fourth-order valence-electron chi connectivity index (χ4n) is 1.02. The van der Waals surface area contributed by atoms with Crippen molar-refractivity contribution in [1.82, 2.24) is 4.98 Å². The second-order valence-electron chi connectivity index (χ2n) is 3.04. The Bertz CT molecular complexity index is 373. The van der Waals surface area contributed by atoms with Gasteiger partial charge in [-0.3, -0.25) is 4.79 Å². The van der Waals surface area contributed by atoms with E-state index in [-0.39, 0.29) is 6.61 Å². The molecule has 0 radical (unpaired) electrons. The third-order valence-electron chi connectivity index (χ3n) is 1.67. The van der Waals surface area contributed by atoms with Crippen LogP contribution in [-0.4, -0.2) is 30.6 Å². The number of carbonyl (C=O) groups is 1. The highest BCUT2D eigenvalue weighted by Crippen LogP contribution is 2.18. The van der Waals surface area contributed by atoms with Gasteiger partial charge in [-0.2, -0.15) is 0 Å². The van der Waals surface area contributed by atoms with Gasteiger partial charge in [0.1, 0.15) is 12.4 Å². The van der Waals surface area contributed by atoms with Crippen molar-refractivity contribution in [2.24, 2.45) is 5.73 Å². The highest BCUT2D eigenvalue weighted by atomic mass is 35.5. The van der Waals surface area contributed by atoms with Gasteiger partial charge in [-0.05, 0) is 6.07 Å². The maximum Gasteiger partial charge on any atom is 0.243 e. The van der Waals surface area contributed by atoms with Crippen LogP contribution < -0.4 is 16.8 Å². The summed E-state index contributed by atoms with van der Waals surface area (Å²) in [5, 5.41) is 3.42. The van der Waals surface area contributed by atoms with Gasteiger partial charge in [0.25, 0.3) is 0 Å². The number of primary amides is 1. The van der Waals surface area contributed by atoms with Gasteiger partial charge in [0.05, 0.1) is 17.3 Å². The topological polar surface area (TPSA) is 103 Å². The molecule has 1 aromatic heterocycles. The average molecular weight is 245 g/mol. The number of ether oxygens (including phenoxy) is 1. The molecule has 1 heterocycles. The Morgan fingerprint density at radius 2 is 2.38 bits per heavy atom. The molecule has 7 heteroatoms. The van der Waals surface area contributed by atoms with Crippen LogP contribution in [-0.2, 0) is 9.53 Å². The lowest BCUT2D eigenvalue weighted by Crippen LogP contribution is -2.20. The van der Waals surface area contributed by atoms with Crippen LogP contribution >= 0.6 is 11.6 Å². The molecule has 0 bridgehead atoms. The van der Waals surface area contributed by atoms with E-state index in [1.165, 1.54) is 6.20 Å². The normalized spacial score (nSPS) is 10.1. The summed E-state index contributed by atoms with van der Waals surface area (Å²) < 4.78 is 4.95. The highest BCUT2D eigenvalue weighted by molar-refractivity contribution is 6.30. The minimum Gasteiger partial charge on any atom is -0.396 e. The average Bonchev–Trinajstić information content (AvgIpc) is 2.20. The molecule has 0 fully saturated rings. The van der Waals surface area contributed by atoms with E-state index < -0.39 is 5.91 Å². The van der Waals surface area contributed by atoms with Crippen molar-refractivity contribution in [3.8, 4) is 0 Å². The lowest BCUT2D eigenvalue weighted by molar-refractivity contribution is -0.122. The van der Waals surface area contributed by atoms with E-state index in [0.29, 0.717) is 29.7 Å². The lowest BCUT2D eigenvalue weighted by Gasteiger charge is -2.08. The first kappa shape index (κ1) is 12.5. The summed E-state index contributed by atoms with van der Waals surface area (Å²) >= 11 is 5.69. The number of hydrogen-bond acceptors (Lipinski definition) is 5. The maximum atomic E-state index is 10.4. The van der Waals surface area contributed by atoms with Crippen molar-refractivity contribution in [3.63, 3.8) is 0 Å². The van der Waals surface area contributed by atoms with Gasteiger partial charge in [-0.25, -0.2) is 4.98 Å². The number of nitrogens with zero attached hydrogens (tertiary/aromatic N) is 1. The summed E-state index contributed by atoms with van der Waals surface area (Å²) in [7, 11) is 0. The quantitative estimate of drug-likeness (QED) is 0.622. The largest absolute Gasteiger partial charge is 0.396 e. The van der Waals surface area contributed by atoms with Crippen molar-refractivity contribution in [1.29, 1.82) is 0 Å². The first-order valence-corrected chi connectivity index (χ1v) is 4.98. The van der Waals surface area contributed by atoms with Gasteiger partial charge in [-0.1, -0.05) is 11.6 Å². The number of anilines is 2. The second kappa shape index (κ2) is 6.14. The third kappa shape index (κ3) is 4.33.